The number of fused-ring (bicyclic) bond motifs is 1. The molecule has 1 aromatic heterocycles. The van der Waals surface area contributed by atoms with Gasteiger partial charge in [-0.15, -0.1) is 0 Å². The van der Waals surface area contributed by atoms with Crippen molar-refractivity contribution >= 4 is 23.4 Å². The van der Waals surface area contributed by atoms with E-state index in [1.54, 1.807) is 4.90 Å². The van der Waals surface area contributed by atoms with Crippen molar-refractivity contribution in [3.8, 4) is 0 Å². The first-order valence-corrected chi connectivity index (χ1v) is 8.86. The Morgan fingerprint density at radius 3 is 2.68 bits per heavy atom. The van der Waals surface area contributed by atoms with E-state index in [0.717, 1.165) is 32.1 Å². The third kappa shape index (κ3) is 3.65. The van der Waals surface area contributed by atoms with Crippen LogP contribution in [0.5, 0.6) is 0 Å². The van der Waals surface area contributed by atoms with Crippen molar-refractivity contribution in [2.24, 2.45) is 11.7 Å². The molecule has 3 rings (SSSR count). The number of amides is 3. The van der Waals surface area contributed by atoms with E-state index in [2.05, 4.69) is 10.3 Å². The summed E-state index contributed by atoms with van der Waals surface area (Å²) in [6, 6.07) is 1.64. The standard InChI is InChI=1S/C18H24N4O3/c1-11-6-7-12-4-2-3-5-15(12)22(11)18(25)17(24)21-14-8-13(16(19)23)9-20-10-14/h8-12,15H,2-7H2,1H3,(H2,19,23)(H,21,24)/t11-,12+,15+/m0/s1. The fraction of sp³-hybridized carbons (Fsp3) is 0.556. The molecule has 2 aliphatic rings. The summed E-state index contributed by atoms with van der Waals surface area (Å²) in [5, 5.41) is 2.55. The van der Waals surface area contributed by atoms with Gasteiger partial charge in [0, 0.05) is 18.3 Å². The molecule has 134 valence electrons. The van der Waals surface area contributed by atoms with Gasteiger partial charge in [0.25, 0.3) is 0 Å². The Kier molecular flexibility index (Phi) is 5.01. The zero-order chi connectivity index (χ0) is 18.0. The van der Waals surface area contributed by atoms with Crippen LogP contribution in [0.2, 0.25) is 0 Å². The first-order chi connectivity index (χ1) is 12.0. The van der Waals surface area contributed by atoms with Gasteiger partial charge in [-0.2, -0.15) is 0 Å². The third-order valence-corrected chi connectivity index (χ3v) is 5.37. The van der Waals surface area contributed by atoms with Crippen LogP contribution >= 0.6 is 0 Å². The molecule has 7 heteroatoms. The van der Waals surface area contributed by atoms with Crippen molar-refractivity contribution in [1.82, 2.24) is 9.88 Å². The van der Waals surface area contributed by atoms with Crippen LogP contribution in [0.1, 0.15) is 55.8 Å². The number of hydrogen-bond donors (Lipinski definition) is 2. The highest BCUT2D eigenvalue weighted by Crippen LogP contribution is 2.37. The van der Waals surface area contributed by atoms with Crippen LogP contribution < -0.4 is 11.1 Å². The summed E-state index contributed by atoms with van der Waals surface area (Å²) in [5.74, 6) is -1.33. The molecule has 25 heavy (non-hydrogen) atoms. The number of hydrogen-bond acceptors (Lipinski definition) is 4. The summed E-state index contributed by atoms with van der Waals surface area (Å²) in [5.41, 5.74) is 5.69. The highest BCUT2D eigenvalue weighted by Gasteiger charge is 2.41. The molecule has 1 aromatic rings. The van der Waals surface area contributed by atoms with Gasteiger partial charge in [-0.25, -0.2) is 0 Å². The Balaban J connectivity index is 1.73. The number of rotatable bonds is 2. The molecule has 1 saturated heterocycles. The van der Waals surface area contributed by atoms with E-state index in [4.69, 9.17) is 5.73 Å². The van der Waals surface area contributed by atoms with Crippen LogP contribution in [0.3, 0.4) is 0 Å². The molecule has 1 aliphatic heterocycles. The zero-order valence-electron chi connectivity index (χ0n) is 14.4. The van der Waals surface area contributed by atoms with Gasteiger partial charge in [-0.05, 0) is 44.6 Å². The molecule has 1 saturated carbocycles. The van der Waals surface area contributed by atoms with Gasteiger partial charge < -0.3 is 16.0 Å². The first kappa shape index (κ1) is 17.4. The molecule has 1 aliphatic carbocycles. The third-order valence-electron chi connectivity index (χ3n) is 5.37. The molecular weight excluding hydrogens is 320 g/mol. The predicted molar refractivity (Wildman–Crippen MR) is 92.7 cm³/mol. The number of anilines is 1. The van der Waals surface area contributed by atoms with Gasteiger partial charge in [-0.3, -0.25) is 19.4 Å². The van der Waals surface area contributed by atoms with E-state index in [9.17, 15) is 14.4 Å². The Morgan fingerprint density at radius 1 is 1.16 bits per heavy atom. The maximum Gasteiger partial charge on any atom is 0.313 e. The van der Waals surface area contributed by atoms with Crippen molar-refractivity contribution < 1.29 is 14.4 Å². The molecule has 0 aromatic carbocycles. The molecule has 7 nitrogen and oxygen atoms in total. The monoisotopic (exact) mass is 344 g/mol. The smallest absolute Gasteiger partial charge is 0.313 e. The number of nitrogens with one attached hydrogen (secondary N) is 1. The van der Waals surface area contributed by atoms with Crippen LogP contribution in [0.25, 0.3) is 0 Å². The number of carbonyl (C=O) groups excluding carboxylic acids is 3. The fourth-order valence-corrected chi connectivity index (χ4v) is 4.11. The van der Waals surface area contributed by atoms with E-state index in [1.165, 1.54) is 24.9 Å². The topological polar surface area (TPSA) is 105 Å². The number of piperidine rings is 1. The molecule has 3 N–H and O–H groups in total. The molecule has 0 bridgehead atoms. The fourth-order valence-electron chi connectivity index (χ4n) is 4.11. The molecule has 0 unspecified atom stereocenters. The van der Waals surface area contributed by atoms with Crippen LogP contribution in [0.4, 0.5) is 5.69 Å². The van der Waals surface area contributed by atoms with E-state index in [-0.39, 0.29) is 17.6 Å². The number of nitrogens with zero attached hydrogens (tertiary/aromatic N) is 2. The summed E-state index contributed by atoms with van der Waals surface area (Å²) >= 11 is 0. The van der Waals surface area contributed by atoms with E-state index >= 15 is 0 Å². The lowest BCUT2D eigenvalue weighted by molar-refractivity contribution is -0.150. The number of nitrogens with two attached hydrogens (primary N) is 1. The molecule has 0 spiro atoms. The minimum absolute atomic E-state index is 0.0627. The summed E-state index contributed by atoms with van der Waals surface area (Å²) in [4.78, 5) is 42.1. The highest BCUT2D eigenvalue weighted by atomic mass is 16.2. The minimum Gasteiger partial charge on any atom is -0.366 e. The van der Waals surface area contributed by atoms with E-state index in [1.807, 2.05) is 6.92 Å². The number of pyridine rings is 1. The maximum atomic E-state index is 12.8. The number of primary amides is 1. The first-order valence-electron chi connectivity index (χ1n) is 8.86. The normalized spacial score (nSPS) is 25.8. The second kappa shape index (κ2) is 7.21. The minimum atomic E-state index is -0.693. The Morgan fingerprint density at radius 2 is 1.92 bits per heavy atom. The molecule has 3 atom stereocenters. The molecule has 3 amide bonds. The van der Waals surface area contributed by atoms with Crippen molar-refractivity contribution in [1.29, 1.82) is 0 Å². The van der Waals surface area contributed by atoms with Crippen molar-refractivity contribution in [3.05, 3.63) is 24.0 Å². The Labute approximate surface area is 147 Å². The number of carbonyl (C=O) groups is 3. The number of likely N-dealkylation sites (tertiary alicyclic amines) is 1. The Bertz CT molecular complexity index is 691. The van der Waals surface area contributed by atoms with Crippen molar-refractivity contribution in [2.45, 2.75) is 57.5 Å². The molecule has 2 fully saturated rings. The van der Waals surface area contributed by atoms with Crippen molar-refractivity contribution in [3.63, 3.8) is 0 Å². The summed E-state index contributed by atoms with van der Waals surface area (Å²) in [7, 11) is 0. The average Bonchev–Trinajstić information content (AvgIpc) is 2.61. The van der Waals surface area contributed by atoms with Crippen LogP contribution in [-0.4, -0.2) is 39.7 Å². The van der Waals surface area contributed by atoms with Crippen LogP contribution in [-0.2, 0) is 9.59 Å². The predicted octanol–water partition coefficient (Wildman–Crippen LogP) is 1.69. The summed E-state index contributed by atoms with van der Waals surface area (Å²) < 4.78 is 0. The van der Waals surface area contributed by atoms with Gasteiger partial charge in [-0.1, -0.05) is 12.8 Å². The lowest BCUT2D eigenvalue weighted by atomic mass is 9.76. The van der Waals surface area contributed by atoms with E-state index in [0.29, 0.717) is 11.6 Å². The van der Waals surface area contributed by atoms with Gasteiger partial charge in [0.15, 0.2) is 0 Å². The van der Waals surface area contributed by atoms with Gasteiger partial charge in [0.2, 0.25) is 5.91 Å². The average molecular weight is 344 g/mol. The maximum absolute atomic E-state index is 12.8. The molecule has 2 heterocycles. The Hall–Kier alpha value is -2.44. The quantitative estimate of drug-likeness (QED) is 0.796. The largest absolute Gasteiger partial charge is 0.366 e. The number of aromatic nitrogens is 1. The molecular formula is C18H24N4O3. The van der Waals surface area contributed by atoms with E-state index < -0.39 is 17.7 Å². The SMILES string of the molecule is C[C@H]1CC[C@H]2CCCC[C@H]2N1C(=O)C(=O)Nc1cncc(C(N)=O)c1. The lowest BCUT2D eigenvalue weighted by Crippen LogP contribution is -2.56. The summed E-state index contributed by atoms with van der Waals surface area (Å²) in [6.45, 7) is 2.01. The van der Waals surface area contributed by atoms with Crippen LogP contribution in [0, 0.1) is 5.92 Å². The zero-order valence-corrected chi connectivity index (χ0v) is 14.4. The second-order valence-corrected chi connectivity index (χ2v) is 7.03. The second-order valence-electron chi connectivity index (χ2n) is 7.03. The van der Waals surface area contributed by atoms with Gasteiger partial charge in [0.05, 0.1) is 17.4 Å². The van der Waals surface area contributed by atoms with Crippen molar-refractivity contribution in [2.75, 3.05) is 5.32 Å². The summed E-state index contributed by atoms with van der Waals surface area (Å²) in [6.07, 6.45) is 9.17. The van der Waals surface area contributed by atoms with Crippen LogP contribution in [0.15, 0.2) is 18.5 Å². The highest BCUT2D eigenvalue weighted by molar-refractivity contribution is 6.39. The molecule has 0 radical (unpaired) electrons. The van der Waals surface area contributed by atoms with Gasteiger partial charge >= 0.3 is 11.8 Å². The van der Waals surface area contributed by atoms with Gasteiger partial charge in [0.1, 0.15) is 0 Å². The lowest BCUT2D eigenvalue weighted by Gasteiger charge is -2.47.